The van der Waals surface area contributed by atoms with Crippen LogP contribution in [0.1, 0.15) is 16.1 Å². The lowest BCUT2D eigenvalue weighted by Crippen LogP contribution is -2.14. The van der Waals surface area contributed by atoms with Gasteiger partial charge in [0.25, 0.3) is 5.91 Å². The molecule has 0 aliphatic heterocycles. The van der Waals surface area contributed by atoms with Crippen molar-refractivity contribution < 1.29 is 9.53 Å². The van der Waals surface area contributed by atoms with E-state index in [9.17, 15) is 4.79 Å². The Bertz CT molecular complexity index is 873. The van der Waals surface area contributed by atoms with Crippen molar-refractivity contribution in [3.05, 3.63) is 54.0 Å². The van der Waals surface area contributed by atoms with E-state index < -0.39 is 5.91 Å². The van der Waals surface area contributed by atoms with Crippen molar-refractivity contribution in [1.29, 1.82) is 0 Å². The number of carbonyl (C=O) groups excluding carboxylic acids is 1. The van der Waals surface area contributed by atoms with Gasteiger partial charge in [-0.1, -0.05) is 0 Å². The van der Waals surface area contributed by atoms with Crippen molar-refractivity contribution in [3.63, 3.8) is 0 Å². The first kappa shape index (κ1) is 15.5. The maximum Gasteiger partial charge on any atom is 0.267 e. The maximum absolute atomic E-state index is 11.3. The number of amides is 1. The Kier molecular flexibility index (Phi) is 4.11. The van der Waals surface area contributed by atoms with E-state index in [-0.39, 0.29) is 11.5 Å². The number of nitrogens with zero attached hydrogens (tertiary/aromatic N) is 4. The van der Waals surface area contributed by atoms with Gasteiger partial charge < -0.3 is 16.2 Å². The van der Waals surface area contributed by atoms with E-state index in [1.165, 1.54) is 6.07 Å². The molecule has 0 bridgehead atoms. The van der Waals surface area contributed by atoms with Crippen LogP contribution in [0.15, 0.2) is 42.7 Å². The van der Waals surface area contributed by atoms with Crippen LogP contribution in [-0.2, 0) is 13.7 Å². The summed E-state index contributed by atoms with van der Waals surface area (Å²) in [6.07, 6.45) is 3.64. The fraction of sp³-hybridized carbons (Fsp3) is 0.125. The van der Waals surface area contributed by atoms with Gasteiger partial charge in [-0.2, -0.15) is 5.10 Å². The van der Waals surface area contributed by atoms with Gasteiger partial charge >= 0.3 is 0 Å². The Hall–Kier alpha value is -3.42. The smallest absolute Gasteiger partial charge is 0.267 e. The number of rotatable bonds is 5. The number of aromatic nitrogens is 4. The molecule has 4 N–H and O–H groups in total. The first-order chi connectivity index (χ1) is 11.5. The number of carbonyl (C=O) groups is 1. The molecule has 0 aliphatic carbocycles. The lowest BCUT2D eigenvalue weighted by Gasteiger charge is -2.07. The van der Waals surface area contributed by atoms with E-state index in [2.05, 4.69) is 15.1 Å². The largest absolute Gasteiger partial charge is 0.489 e. The van der Waals surface area contributed by atoms with Crippen molar-refractivity contribution in [2.75, 3.05) is 5.73 Å². The van der Waals surface area contributed by atoms with Crippen LogP contribution < -0.4 is 16.2 Å². The Labute approximate surface area is 138 Å². The molecule has 24 heavy (non-hydrogen) atoms. The quantitative estimate of drug-likeness (QED) is 0.725. The summed E-state index contributed by atoms with van der Waals surface area (Å²) in [6.45, 7) is 0.424. The van der Waals surface area contributed by atoms with Gasteiger partial charge in [-0.25, -0.2) is 9.97 Å². The molecule has 0 aliphatic rings. The minimum absolute atomic E-state index is 0.0782. The van der Waals surface area contributed by atoms with Gasteiger partial charge in [-0.05, 0) is 24.3 Å². The third-order valence-corrected chi connectivity index (χ3v) is 3.27. The van der Waals surface area contributed by atoms with E-state index >= 15 is 0 Å². The number of nitrogen functional groups attached to an aromatic ring is 1. The van der Waals surface area contributed by atoms with E-state index in [1.54, 1.807) is 35.1 Å². The monoisotopic (exact) mass is 324 g/mol. The van der Waals surface area contributed by atoms with E-state index in [4.69, 9.17) is 16.2 Å². The van der Waals surface area contributed by atoms with Gasteiger partial charge in [-0.3, -0.25) is 9.48 Å². The fourth-order valence-electron chi connectivity index (χ4n) is 2.13. The average Bonchev–Trinajstić information content (AvgIpc) is 2.98. The second-order valence-electron chi connectivity index (χ2n) is 5.20. The maximum atomic E-state index is 11.3. The van der Waals surface area contributed by atoms with Crippen LogP contribution >= 0.6 is 0 Å². The molecule has 8 heteroatoms. The minimum atomic E-state index is -0.651. The predicted molar refractivity (Wildman–Crippen MR) is 87.9 cm³/mol. The van der Waals surface area contributed by atoms with Crippen molar-refractivity contribution in [2.24, 2.45) is 12.8 Å². The molecule has 1 amide bonds. The SMILES string of the molecule is Cn1cc(COc2ccc(-c3nc(N)cc(C(N)=O)n3)cc2)cn1. The molecule has 0 saturated heterocycles. The van der Waals surface area contributed by atoms with Gasteiger partial charge in [0.15, 0.2) is 5.82 Å². The fourth-order valence-corrected chi connectivity index (χ4v) is 2.13. The van der Waals surface area contributed by atoms with Gasteiger partial charge in [-0.15, -0.1) is 0 Å². The second-order valence-corrected chi connectivity index (χ2v) is 5.20. The molecule has 122 valence electrons. The Morgan fingerprint density at radius 2 is 2.00 bits per heavy atom. The van der Waals surface area contributed by atoms with Crippen LogP contribution in [0, 0.1) is 0 Å². The number of benzene rings is 1. The molecule has 0 fully saturated rings. The van der Waals surface area contributed by atoms with E-state index in [0.29, 0.717) is 23.7 Å². The molecule has 8 nitrogen and oxygen atoms in total. The van der Waals surface area contributed by atoms with Crippen LogP contribution in [0.4, 0.5) is 5.82 Å². The molecule has 0 atom stereocenters. The highest BCUT2D eigenvalue weighted by molar-refractivity contribution is 5.91. The molecular weight excluding hydrogens is 308 g/mol. The highest BCUT2D eigenvalue weighted by Crippen LogP contribution is 2.21. The number of hydrogen-bond donors (Lipinski definition) is 2. The molecule has 0 spiro atoms. The molecule has 0 unspecified atom stereocenters. The van der Waals surface area contributed by atoms with Crippen LogP contribution in [0.2, 0.25) is 0 Å². The first-order valence-electron chi connectivity index (χ1n) is 7.16. The number of hydrogen-bond acceptors (Lipinski definition) is 6. The number of primary amides is 1. The van der Waals surface area contributed by atoms with Gasteiger partial charge in [0, 0.05) is 30.4 Å². The number of nitrogens with two attached hydrogens (primary N) is 2. The Balaban J connectivity index is 1.75. The van der Waals surface area contributed by atoms with Gasteiger partial charge in [0.05, 0.1) is 6.20 Å². The average molecular weight is 324 g/mol. The summed E-state index contributed by atoms with van der Waals surface area (Å²) < 4.78 is 7.41. The minimum Gasteiger partial charge on any atom is -0.489 e. The molecule has 3 aromatic rings. The molecular formula is C16H16N6O2. The molecule has 0 saturated carbocycles. The molecule has 0 radical (unpaired) electrons. The third kappa shape index (κ3) is 3.49. The summed E-state index contributed by atoms with van der Waals surface area (Å²) in [4.78, 5) is 19.5. The molecule has 3 rings (SSSR count). The lowest BCUT2D eigenvalue weighted by molar-refractivity contribution is 0.0995. The van der Waals surface area contributed by atoms with Crippen molar-refractivity contribution in [3.8, 4) is 17.1 Å². The summed E-state index contributed by atoms with van der Waals surface area (Å²) in [5.41, 5.74) is 12.7. The van der Waals surface area contributed by atoms with E-state index in [0.717, 1.165) is 5.56 Å². The first-order valence-corrected chi connectivity index (χ1v) is 7.16. The Morgan fingerprint density at radius 1 is 1.25 bits per heavy atom. The van der Waals surface area contributed by atoms with Crippen molar-refractivity contribution >= 4 is 11.7 Å². The number of anilines is 1. The van der Waals surface area contributed by atoms with Gasteiger partial charge in [0.2, 0.25) is 0 Å². The molecule has 2 heterocycles. The number of ether oxygens (including phenoxy) is 1. The van der Waals surface area contributed by atoms with Crippen LogP contribution in [0.3, 0.4) is 0 Å². The van der Waals surface area contributed by atoms with Gasteiger partial charge in [0.1, 0.15) is 23.9 Å². The van der Waals surface area contributed by atoms with Crippen LogP contribution in [0.5, 0.6) is 5.75 Å². The highest BCUT2D eigenvalue weighted by atomic mass is 16.5. The molecule has 1 aromatic carbocycles. The second kappa shape index (κ2) is 6.37. The summed E-state index contributed by atoms with van der Waals surface area (Å²) in [6, 6.07) is 8.51. The zero-order chi connectivity index (χ0) is 17.1. The molecule has 2 aromatic heterocycles. The predicted octanol–water partition coefficient (Wildman–Crippen LogP) is 1.14. The number of aryl methyl sites for hydroxylation is 1. The van der Waals surface area contributed by atoms with Crippen LogP contribution in [0.25, 0.3) is 11.4 Å². The standard InChI is InChI=1S/C16H16N6O2/c1-22-8-10(7-19-22)9-24-12-4-2-11(3-5-12)16-20-13(15(18)23)6-14(17)21-16/h2-8H,9H2,1H3,(H2,18,23)(H2,17,20,21). The van der Waals surface area contributed by atoms with Crippen molar-refractivity contribution in [1.82, 2.24) is 19.7 Å². The normalized spacial score (nSPS) is 10.5. The zero-order valence-electron chi connectivity index (χ0n) is 13.0. The summed E-state index contributed by atoms with van der Waals surface area (Å²) >= 11 is 0. The topological polar surface area (TPSA) is 122 Å². The van der Waals surface area contributed by atoms with Crippen molar-refractivity contribution in [2.45, 2.75) is 6.61 Å². The third-order valence-electron chi connectivity index (χ3n) is 3.27. The lowest BCUT2D eigenvalue weighted by atomic mass is 10.2. The van der Waals surface area contributed by atoms with E-state index in [1.807, 2.05) is 13.2 Å². The highest BCUT2D eigenvalue weighted by Gasteiger charge is 2.09. The zero-order valence-corrected chi connectivity index (χ0v) is 13.0. The Morgan fingerprint density at radius 3 is 2.62 bits per heavy atom. The summed E-state index contributed by atoms with van der Waals surface area (Å²) in [5, 5.41) is 4.08. The summed E-state index contributed by atoms with van der Waals surface area (Å²) in [7, 11) is 1.85. The summed E-state index contributed by atoms with van der Waals surface area (Å²) in [5.74, 6) is 0.566. The van der Waals surface area contributed by atoms with Crippen LogP contribution in [-0.4, -0.2) is 25.7 Å².